The van der Waals surface area contributed by atoms with Crippen LogP contribution in [-0.4, -0.2) is 23.9 Å². The van der Waals surface area contributed by atoms with Gasteiger partial charge in [-0.05, 0) is 47.2 Å². The van der Waals surface area contributed by atoms with Crippen molar-refractivity contribution in [2.75, 3.05) is 0 Å². The van der Waals surface area contributed by atoms with E-state index in [0.717, 1.165) is 36.7 Å². The summed E-state index contributed by atoms with van der Waals surface area (Å²) in [6, 6.07) is 19.9. The van der Waals surface area contributed by atoms with Gasteiger partial charge in [0.1, 0.15) is 5.82 Å². The van der Waals surface area contributed by atoms with E-state index in [-0.39, 0.29) is 10.5 Å². The molecular formula is C30H33N3O4S. The second-order valence-corrected chi connectivity index (χ2v) is 11.5. The quantitative estimate of drug-likeness (QED) is 0.312. The van der Waals surface area contributed by atoms with E-state index in [9.17, 15) is 18.0 Å². The summed E-state index contributed by atoms with van der Waals surface area (Å²) in [5.41, 5.74) is 3.84. The molecule has 0 bridgehead atoms. The second kappa shape index (κ2) is 11.3. The number of fused-ring (bicyclic) bond motifs is 1. The zero-order valence-electron chi connectivity index (χ0n) is 22.2. The van der Waals surface area contributed by atoms with Gasteiger partial charge in [0.05, 0.1) is 22.3 Å². The van der Waals surface area contributed by atoms with E-state index in [0.29, 0.717) is 40.9 Å². The van der Waals surface area contributed by atoms with Crippen molar-refractivity contribution in [2.24, 2.45) is 0 Å². The first-order valence-electron chi connectivity index (χ1n) is 12.9. The highest BCUT2D eigenvalue weighted by atomic mass is 32.2. The Morgan fingerprint density at radius 1 is 1.03 bits per heavy atom. The van der Waals surface area contributed by atoms with Crippen LogP contribution in [0, 0.1) is 0 Å². The van der Waals surface area contributed by atoms with Crippen LogP contribution < -0.4 is 10.3 Å². The molecule has 4 aromatic rings. The maximum absolute atomic E-state index is 13.6. The summed E-state index contributed by atoms with van der Waals surface area (Å²) in [5.74, 6) is 0.415. The molecule has 1 N–H and O–H groups in total. The lowest BCUT2D eigenvalue weighted by molar-refractivity contribution is -0.117. The van der Waals surface area contributed by atoms with Gasteiger partial charge >= 0.3 is 0 Å². The number of aromatic nitrogens is 2. The first-order valence-corrected chi connectivity index (χ1v) is 14.3. The first kappa shape index (κ1) is 27.3. The number of hydrogen-bond donors (Lipinski definition) is 1. The first-order chi connectivity index (χ1) is 18.1. The lowest BCUT2D eigenvalue weighted by atomic mass is 10.0. The Morgan fingerprint density at radius 3 is 2.39 bits per heavy atom. The van der Waals surface area contributed by atoms with Crippen molar-refractivity contribution in [2.45, 2.75) is 64.3 Å². The standard InChI is InChI=1S/C30H33N3O4S/c1-5-6-11-29-31-27-17-16-24(20(2)3)18-26(27)30(35)33(29)19-22-12-14-23(15-13-22)25-9-7-8-10-28(25)38(36,37)32-21(4)34/h7-10,12-18,20H,5-6,11,19H2,1-4H3,(H,32,34). The molecule has 0 saturated carbocycles. The molecule has 0 unspecified atom stereocenters. The topological polar surface area (TPSA) is 98.1 Å². The molecule has 0 aliphatic carbocycles. The molecule has 4 rings (SSSR count). The normalized spacial score (nSPS) is 11.7. The van der Waals surface area contributed by atoms with Crippen LogP contribution >= 0.6 is 0 Å². The molecule has 1 heterocycles. The Labute approximate surface area is 223 Å². The minimum atomic E-state index is -4.00. The number of aryl methyl sites for hydroxylation is 1. The fourth-order valence-electron chi connectivity index (χ4n) is 4.49. The minimum absolute atomic E-state index is 0.0284. The minimum Gasteiger partial charge on any atom is -0.292 e. The number of unbranched alkanes of at least 4 members (excludes halogenated alkanes) is 1. The lowest BCUT2D eigenvalue weighted by Gasteiger charge is -2.15. The summed E-state index contributed by atoms with van der Waals surface area (Å²) in [5, 5.41) is 0.616. The van der Waals surface area contributed by atoms with Gasteiger partial charge in [-0.1, -0.05) is 75.7 Å². The third kappa shape index (κ3) is 5.86. The molecule has 8 heteroatoms. The van der Waals surface area contributed by atoms with Crippen molar-refractivity contribution < 1.29 is 13.2 Å². The zero-order chi connectivity index (χ0) is 27.4. The van der Waals surface area contributed by atoms with Crippen molar-refractivity contribution in [3.05, 3.63) is 94.0 Å². The van der Waals surface area contributed by atoms with Crippen LogP contribution in [0.2, 0.25) is 0 Å². The predicted molar refractivity (Wildman–Crippen MR) is 151 cm³/mol. The zero-order valence-corrected chi connectivity index (χ0v) is 23.0. The van der Waals surface area contributed by atoms with E-state index in [1.54, 1.807) is 22.8 Å². The third-order valence-corrected chi connectivity index (χ3v) is 8.03. The Hall–Kier alpha value is -3.78. The van der Waals surface area contributed by atoms with Crippen molar-refractivity contribution in [3.63, 3.8) is 0 Å². The highest BCUT2D eigenvalue weighted by Gasteiger charge is 2.20. The van der Waals surface area contributed by atoms with Crippen LogP contribution in [0.4, 0.5) is 0 Å². The van der Waals surface area contributed by atoms with E-state index in [2.05, 4.69) is 20.8 Å². The predicted octanol–water partition coefficient (Wildman–Crippen LogP) is 5.40. The fraction of sp³-hybridized carbons (Fsp3) is 0.300. The fourth-order valence-corrected chi connectivity index (χ4v) is 5.71. The summed E-state index contributed by atoms with van der Waals surface area (Å²) >= 11 is 0. The molecule has 0 saturated heterocycles. The summed E-state index contributed by atoms with van der Waals surface area (Å²) < 4.78 is 29.2. The van der Waals surface area contributed by atoms with Gasteiger partial charge in [-0.25, -0.2) is 18.1 Å². The molecule has 0 aliphatic heterocycles. The highest BCUT2D eigenvalue weighted by Crippen LogP contribution is 2.28. The number of nitrogens with zero attached hydrogens (tertiary/aromatic N) is 2. The molecule has 0 fully saturated rings. The smallest absolute Gasteiger partial charge is 0.264 e. The van der Waals surface area contributed by atoms with Gasteiger partial charge in [-0.2, -0.15) is 0 Å². The maximum Gasteiger partial charge on any atom is 0.264 e. The maximum atomic E-state index is 13.6. The summed E-state index contributed by atoms with van der Waals surface area (Å²) in [6.45, 7) is 7.84. The number of carbonyl (C=O) groups is 1. The van der Waals surface area contributed by atoms with Gasteiger partial charge in [-0.3, -0.25) is 14.2 Å². The molecule has 198 valence electrons. The highest BCUT2D eigenvalue weighted by molar-refractivity contribution is 7.90. The molecule has 0 spiro atoms. The van der Waals surface area contributed by atoms with Crippen LogP contribution in [0.3, 0.4) is 0 Å². The number of carbonyl (C=O) groups excluding carboxylic acids is 1. The van der Waals surface area contributed by atoms with Gasteiger partial charge in [-0.15, -0.1) is 0 Å². The number of sulfonamides is 1. The molecule has 7 nitrogen and oxygen atoms in total. The summed E-state index contributed by atoms with van der Waals surface area (Å²) in [4.78, 5) is 30.0. The van der Waals surface area contributed by atoms with E-state index in [4.69, 9.17) is 4.98 Å². The number of amides is 1. The molecule has 0 radical (unpaired) electrons. The van der Waals surface area contributed by atoms with E-state index >= 15 is 0 Å². The Kier molecular flexibility index (Phi) is 8.11. The van der Waals surface area contributed by atoms with Gasteiger partial charge in [0.25, 0.3) is 15.6 Å². The lowest BCUT2D eigenvalue weighted by Crippen LogP contribution is -2.28. The largest absolute Gasteiger partial charge is 0.292 e. The molecule has 1 aromatic heterocycles. The van der Waals surface area contributed by atoms with Crippen LogP contribution in [0.15, 0.2) is 76.4 Å². The van der Waals surface area contributed by atoms with Crippen molar-refractivity contribution in [3.8, 4) is 11.1 Å². The number of benzene rings is 3. The average Bonchev–Trinajstić information content (AvgIpc) is 2.88. The van der Waals surface area contributed by atoms with Gasteiger partial charge < -0.3 is 0 Å². The van der Waals surface area contributed by atoms with Crippen LogP contribution in [0.5, 0.6) is 0 Å². The molecule has 1 amide bonds. The summed E-state index contributed by atoms with van der Waals surface area (Å²) in [6.07, 6.45) is 2.64. The molecule has 0 aliphatic rings. The number of hydrogen-bond acceptors (Lipinski definition) is 5. The number of rotatable bonds is 9. The van der Waals surface area contributed by atoms with E-state index < -0.39 is 15.9 Å². The van der Waals surface area contributed by atoms with Crippen LogP contribution in [0.25, 0.3) is 22.0 Å². The van der Waals surface area contributed by atoms with Crippen LogP contribution in [0.1, 0.15) is 63.4 Å². The SMILES string of the molecule is CCCCc1nc2ccc(C(C)C)cc2c(=O)n1Cc1ccc(-c2ccccc2S(=O)(=O)NC(C)=O)cc1. The van der Waals surface area contributed by atoms with Gasteiger partial charge in [0.15, 0.2) is 0 Å². The van der Waals surface area contributed by atoms with E-state index in [1.807, 2.05) is 47.2 Å². The number of nitrogens with one attached hydrogen (secondary N) is 1. The van der Waals surface area contributed by atoms with E-state index in [1.165, 1.54) is 6.07 Å². The molecular weight excluding hydrogens is 498 g/mol. The Balaban J connectivity index is 1.73. The van der Waals surface area contributed by atoms with Gasteiger partial charge in [0.2, 0.25) is 5.91 Å². The average molecular weight is 532 g/mol. The molecule has 0 atom stereocenters. The van der Waals surface area contributed by atoms with Crippen molar-refractivity contribution in [1.29, 1.82) is 0 Å². The third-order valence-electron chi connectivity index (χ3n) is 6.54. The monoisotopic (exact) mass is 531 g/mol. The molecule has 38 heavy (non-hydrogen) atoms. The van der Waals surface area contributed by atoms with Crippen LogP contribution in [-0.2, 0) is 27.8 Å². The molecule has 3 aromatic carbocycles. The summed E-state index contributed by atoms with van der Waals surface area (Å²) in [7, 11) is -4.00. The Bertz CT molecular complexity index is 1640. The second-order valence-electron chi connectivity index (χ2n) is 9.81. The van der Waals surface area contributed by atoms with Crippen molar-refractivity contribution >= 4 is 26.8 Å². The Morgan fingerprint density at radius 2 is 1.74 bits per heavy atom. The van der Waals surface area contributed by atoms with Crippen molar-refractivity contribution in [1.82, 2.24) is 14.3 Å². The van der Waals surface area contributed by atoms with Gasteiger partial charge in [0, 0.05) is 18.9 Å².